The van der Waals surface area contributed by atoms with Crippen molar-refractivity contribution in [3.63, 3.8) is 0 Å². The monoisotopic (exact) mass is 430 g/mol. The maximum atomic E-state index is 14.2. The van der Waals surface area contributed by atoms with Gasteiger partial charge in [0.15, 0.2) is 6.10 Å². The van der Waals surface area contributed by atoms with Gasteiger partial charge in [0.2, 0.25) is 10.0 Å². The van der Waals surface area contributed by atoms with Gasteiger partial charge in [-0.25, -0.2) is 17.6 Å². The number of hydrogen-bond donors (Lipinski definition) is 0. The average molecular weight is 431 g/mol. The molecule has 0 radical (unpaired) electrons. The molecule has 1 atom stereocenters. The van der Waals surface area contributed by atoms with Crippen molar-refractivity contribution in [1.29, 1.82) is 0 Å². The van der Waals surface area contributed by atoms with Crippen LogP contribution < -0.4 is 0 Å². The van der Waals surface area contributed by atoms with Crippen molar-refractivity contribution >= 4 is 21.9 Å². The molecule has 0 saturated heterocycles. The number of rotatable bonds is 9. The van der Waals surface area contributed by atoms with Crippen LogP contribution in [0.1, 0.15) is 58.8 Å². The Bertz CT molecular complexity index is 827. The highest BCUT2D eigenvalue weighted by atomic mass is 32.2. The maximum Gasteiger partial charge on any atom is 0.341 e. The van der Waals surface area contributed by atoms with E-state index in [1.165, 1.54) is 11.2 Å². The van der Waals surface area contributed by atoms with Crippen LogP contribution in [0.25, 0.3) is 0 Å². The summed E-state index contributed by atoms with van der Waals surface area (Å²) in [5, 5.41) is 0. The molecule has 1 rings (SSSR count). The fraction of sp³-hybridized carbons (Fsp3) is 0.600. The quantitative estimate of drug-likeness (QED) is 0.562. The number of amides is 1. The maximum absolute atomic E-state index is 14.2. The van der Waals surface area contributed by atoms with E-state index in [0.717, 1.165) is 18.2 Å². The molecule has 0 fully saturated rings. The van der Waals surface area contributed by atoms with Gasteiger partial charge in [0, 0.05) is 25.2 Å². The molecule has 0 heterocycles. The summed E-state index contributed by atoms with van der Waals surface area (Å²) in [6.45, 7) is 12.6. The molecule has 0 bridgehead atoms. The van der Waals surface area contributed by atoms with Crippen molar-refractivity contribution < 1.29 is 27.1 Å². The summed E-state index contributed by atoms with van der Waals surface area (Å²) in [4.78, 5) is 26.5. The molecule has 0 unspecified atom stereocenters. The largest absolute Gasteiger partial charge is 0.449 e. The van der Waals surface area contributed by atoms with Crippen LogP contribution in [0.4, 0.5) is 4.39 Å². The molecule has 0 N–H and O–H groups in total. The molecular weight excluding hydrogens is 399 g/mol. The number of hydrogen-bond acceptors (Lipinski definition) is 5. The summed E-state index contributed by atoms with van der Waals surface area (Å²) in [5.41, 5.74) is -0.529. The van der Waals surface area contributed by atoms with E-state index in [1.807, 2.05) is 27.7 Å². The average Bonchev–Trinajstić information content (AvgIpc) is 2.61. The first kappa shape index (κ1) is 25.0. The highest BCUT2D eigenvalue weighted by molar-refractivity contribution is 7.89. The highest BCUT2D eigenvalue weighted by Crippen LogP contribution is 2.21. The summed E-state index contributed by atoms with van der Waals surface area (Å²) < 4.78 is 45.9. The minimum Gasteiger partial charge on any atom is -0.449 e. The number of ether oxygens (including phenoxy) is 1. The number of esters is 1. The van der Waals surface area contributed by atoms with E-state index >= 15 is 0 Å². The Balaban J connectivity index is 3.16. The van der Waals surface area contributed by atoms with Crippen LogP contribution in [-0.2, 0) is 19.6 Å². The Kier molecular flexibility index (Phi) is 8.77. The molecule has 1 amide bonds. The van der Waals surface area contributed by atoms with Crippen LogP contribution in [0.15, 0.2) is 23.1 Å². The number of benzene rings is 1. The lowest BCUT2D eigenvalue weighted by molar-refractivity contribution is -0.143. The summed E-state index contributed by atoms with van der Waals surface area (Å²) in [5.74, 6) is -2.42. The molecular formula is C20H31FN2O5S. The Morgan fingerprint density at radius 2 is 1.55 bits per heavy atom. The number of halogens is 1. The summed E-state index contributed by atoms with van der Waals surface area (Å²) in [6, 6.07) is 2.75. The molecule has 0 aromatic heterocycles. The standard InChI is InChI=1S/C20H31FN2O5S/c1-8-22(9-2)29(26,27)16-10-11-18(21)17(12-16)20(25)28-15(7)19(24)23(13(3)4)14(5)6/h10-15H,8-9H2,1-7H3/t15-/m1/s1. The third-order valence-corrected chi connectivity index (χ3v) is 6.55. The van der Waals surface area contributed by atoms with Crippen LogP contribution in [0.5, 0.6) is 0 Å². The second-order valence-electron chi connectivity index (χ2n) is 7.21. The van der Waals surface area contributed by atoms with Gasteiger partial charge in [0.25, 0.3) is 5.91 Å². The smallest absolute Gasteiger partial charge is 0.341 e. The van der Waals surface area contributed by atoms with E-state index in [0.29, 0.717) is 0 Å². The van der Waals surface area contributed by atoms with Gasteiger partial charge in [0.1, 0.15) is 5.82 Å². The van der Waals surface area contributed by atoms with E-state index in [4.69, 9.17) is 4.74 Å². The number of carbonyl (C=O) groups is 2. The molecule has 9 heteroatoms. The van der Waals surface area contributed by atoms with E-state index in [2.05, 4.69) is 0 Å². The van der Waals surface area contributed by atoms with Crippen molar-refractivity contribution in [2.75, 3.05) is 13.1 Å². The first-order valence-corrected chi connectivity index (χ1v) is 11.1. The normalized spacial score (nSPS) is 13.1. The second-order valence-corrected chi connectivity index (χ2v) is 9.15. The van der Waals surface area contributed by atoms with Crippen molar-refractivity contribution in [2.24, 2.45) is 0 Å². The van der Waals surface area contributed by atoms with Gasteiger partial charge in [-0.3, -0.25) is 4.79 Å². The van der Waals surface area contributed by atoms with Gasteiger partial charge in [0.05, 0.1) is 10.5 Å². The van der Waals surface area contributed by atoms with Crippen molar-refractivity contribution in [3.05, 3.63) is 29.6 Å². The van der Waals surface area contributed by atoms with Crippen molar-refractivity contribution in [3.8, 4) is 0 Å². The molecule has 0 spiro atoms. The summed E-state index contributed by atoms with van der Waals surface area (Å²) in [6.07, 6.45) is -1.14. The SMILES string of the molecule is CCN(CC)S(=O)(=O)c1ccc(F)c(C(=O)O[C@H](C)C(=O)N(C(C)C)C(C)C)c1. The van der Waals surface area contributed by atoms with Gasteiger partial charge >= 0.3 is 5.97 Å². The lowest BCUT2D eigenvalue weighted by Crippen LogP contribution is -2.47. The molecule has 1 aromatic rings. The van der Waals surface area contributed by atoms with Crippen LogP contribution in [-0.4, -0.2) is 60.8 Å². The number of carbonyl (C=O) groups excluding carboxylic acids is 2. The van der Waals surface area contributed by atoms with Crippen LogP contribution in [0.3, 0.4) is 0 Å². The van der Waals surface area contributed by atoms with E-state index in [-0.39, 0.29) is 30.1 Å². The fourth-order valence-corrected chi connectivity index (χ4v) is 4.61. The summed E-state index contributed by atoms with van der Waals surface area (Å²) >= 11 is 0. The predicted octanol–water partition coefficient (Wildman–Crippen LogP) is 3.05. The summed E-state index contributed by atoms with van der Waals surface area (Å²) in [7, 11) is -3.87. The van der Waals surface area contributed by atoms with Crippen molar-refractivity contribution in [2.45, 2.75) is 71.5 Å². The van der Waals surface area contributed by atoms with Crippen LogP contribution in [0, 0.1) is 5.82 Å². The number of nitrogens with zero attached hydrogens (tertiary/aromatic N) is 2. The van der Waals surface area contributed by atoms with Gasteiger partial charge in [-0.2, -0.15) is 4.31 Å². The third kappa shape index (κ3) is 5.76. The molecule has 7 nitrogen and oxygen atoms in total. The molecule has 29 heavy (non-hydrogen) atoms. The Labute approximate surface area is 172 Å². The molecule has 164 valence electrons. The van der Waals surface area contributed by atoms with Gasteiger partial charge in [-0.1, -0.05) is 13.8 Å². The Morgan fingerprint density at radius 3 is 2.00 bits per heavy atom. The lowest BCUT2D eigenvalue weighted by Gasteiger charge is -2.32. The van der Waals surface area contributed by atoms with Gasteiger partial charge < -0.3 is 9.64 Å². The predicted molar refractivity (Wildman–Crippen MR) is 109 cm³/mol. The second kappa shape index (κ2) is 10.2. The Hall–Kier alpha value is -2.00. The fourth-order valence-electron chi connectivity index (χ4n) is 3.12. The van der Waals surface area contributed by atoms with Crippen LogP contribution >= 0.6 is 0 Å². The first-order chi connectivity index (χ1) is 13.4. The highest BCUT2D eigenvalue weighted by Gasteiger charge is 2.30. The lowest BCUT2D eigenvalue weighted by atomic mass is 10.2. The third-order valence-electron chi connectivity index (χ3n) is 4.50. The van der Waals surface area contributed by atoms with E-state index < -0.39 is 39.4 Å². The van der Waals surface area contributed by atoms with E-state index in [1.54, 1.807) is 18.7 Å². The zero-order valence-electron chi connectivity index (χ0n) is 18.1. The molecule has 0 aliphatic heterocycles. The van der Waals surface area contributed by atoms with Gasteiger partial charge in [-0.05, 0) is 52.8 Å². The topological polar surface area (TPSA) is 84.0 Å². The van der Waals surface area contributed by atoms with Gasteiger partial charge in [-0.15, -0.1) is 0 Å². The zero-order valence-corrected chi connectivity index (χ0v) is 18.9. The zero-order chi connectivity index (χ0) is 22.5. The van der Waals surface area contributed by atoms with Crippen molar-refractivity contribution in [1.82, 2.24) is 9.21 Å². The van der Waals surface area contributed by atoms with E-state index in [9.17, 15) is 22.4 Å². The minimum atomic E-state index is -3.87. The Morgan fingerprint density at radius 1 is 1.03 bits per heavy atom. The molecule has 0 aliphatic rings. The molecule has 1 aromatic carbocycles. The minimum absolute atomic E-state index is 0.108. The molecule has 0 saturated carbocycles. The molecule has 0 aliphatic carbocycles. The number of sulfonamides is 1. The van der Waals surface area contributed by atoms with Crippen LogP contribution in [0.2, 0.25) is 0 Å². The first-order valence-electron chi connectivity index (χ1n) is 9.71.